The molecule has 3 rings (SSSR count). The van der Waals surface area contributed by atoms with E-state index in [9.17, 15) is 4.79 Å². The maximum atomic E-state index is 12.1. The first kappa shape index (κ1) is 17.5. The van der Waals surface area contributed by atoms with E-state index in [4.69, 9.17) is 27.7 Å². The quantitative estimate of drug-likeness (QED) is 0.686. The minimum atomic E-state index is -0.136. The Kier molecular flexibility index (Phi) is 5.36. The molecule has 0 unspecified atom stereocenters. The summed E-state index contributed by atoms with van der Waals surface area (Å²) in [5, 5.41) is 7.94. The van der Waals surface area contributed by atoms with Crippen LogP contribution in [0.15, 0.2) is 47.0 Å². The van der Waals surface area contributed by atoms with Crippen molar-refractivity contribution in [3.05, 3.63) is 64.0 Å². The Morgan fingerprint density at radius 2 is 2.00 bits per heavy atom. The maximum absolute atomic E-state index is 12.1. The van der Waals surface area contributed by atoms with Gasteiger partial charge < -0.3 is 9.84 Å². The number of nitrogens with zero attached hydrogens (tertiary/aromatic N) is 2. The highest BCUT2D eigenvalue weighted by atomic mass is 35.5. The molecule has 0 saturated heterocycles. The van der Waals surface area contributed by atoms with Gasteiger partial charge in [0.15, 0.2) is 0 Å². The monoisotopic (exact) mass is 375 g/mol. The molecule has 0 fully saturated rings. The van der Waals surface area contributed by atoms with Gasteiger partial charge in [-0.15, -0.1) is 0 Å². The second kappa shape index (κ2) is 7.68. The number of benzene rings is 2. The summed E-state index contributed by atoms with van der Waals surface area (Å²) in [6, 6.07) is 12.6. The highest BCUT2D eigenvalue weighted by molar-refractivity contribution is 6.33. The number of halogens is 2. The second-order valence-electron chi connectivity index (χ2n) is 5.50. The SMILES string of the molecule is Cc1cc(Cl)ccc1NC(=O)CCc1nc(-c2ccccc2Cl)no1. The summed E-state index contributed by atoms with van der Waals surface area (Å²) in [6.07, 6.45) is 0.572. The Bertz CT molecular complexity index is 909. The van der Waals surface area contributed by atoms with Crippen molar-refractivity contribution in [1.82, 2.24) is 10.1 Å². The molecular formula is C18H15Cl2N3O2. The highest BCUT2D eigenvalue weighted by Crippen LogP contribution is 2.25. The van der Waals surface area contributed by atoms with E-state index in [2.05, 4.69) is 15.5 Å². The fourth-order valence-corrected chi connectivity index (χ4v) is 2.76. The van der Waals surface area contributed by atoms with E-state index in [0.717, 1.165) is 11.3 Å². The Labute approximate surface area is 155 Å². The number of hydrogen-bond donors (Lipinski definition) is 1. The summed E-state index contributed by atoms with van der Waals surface area (Å²) < 4.78 is 5.20. The van der Waals surface area contributed by atoms with E-state index in [1.54, 1.807) is 24.3 Å². The van der Waals surface area contributed by atoms with Crippen LogP contribution in [0.1, 0.15) is 17.9 Å². The largest absolute Gasteiger partial charge is 0.339 e. The van der Waals surface area contributed by atoms with Gasteiger partial charge in [0.25, 0.3) is 0 Å². The number of rotatable bonds is 5. The number of carbonyl (C=O) groups is 1. The zero-order valence-electron chi connectivity index (χ0n) is 13.4. The minimum absolute atomic E-state index is 0.136. The first-order valence-electron chi connectivity index (χ1n) is 7.66. The molecule has 1 heterocycles. The number of anilines is 1. The van der Waals surface area contributed by atoms with Crippen LogP contribution in [0.4, 0.5) is 5.69 Å². The van der Waals surface area contributed by atoms with Gasteiger partial charge >= 0.3 is 0 Å². The number of aromatic nitrogens is 2. The van der Waals surface area contributed by atoms with Crippen LogP contribution in [0.5, 0.6) is 0 Å². The molecular weight excluding hydrogens is 361 g/mol. The number of nitrogens with one attached hydrogen (secondary N) is 1. The van der Waals surface area contributed by atoms with Crippen molar-refractivity contribution in [3.8, 4) is 11.4 Å². The van der Waals surface area contributed by atoms with E-state index in [1.165, 1.54) is 0 Å². The van der Waals surface area contributed by atoms with Crippen LogP contribution in [0.3, 0.4) is 0 Å². The number of hydrogen-bond acceptors (Lipinski definition) is 4. The van der Waals surface area contributed by atoms with Crippen molar-refractivity contribution in [3.63, 3.8) is 0 Å². The van der Waals surface area contributed by atoms with E-state index < -0.39 is 0 Å². The van der Waals surface area contributed by atoms with Crippen LogP contribution in [0, 0.1) is 6.92 Å². The van der Waals surface area contributed by atoms with Crippen LogP contribution in [-0.2, 0) is 11.2 Å². The van der Waals surface area contributed by atoms with Gasteiger partial charge in [-0.2, -0.15) is 4.98 Å². The minimum Gasteiger partial charge on any atom is -0.339 e. The molecule has 0 atom stereocenters. The van der Waals surface area contributed by atoms with E-state index in [-0.39, 0.29) is 12.3 Å². The van der Waals surface area contributed by atoms with E-state index in [0.29, 0.717) is 33.7 Å². The van der Waals surface area contributed by atoms with Gasteiger partial charge in [0, 0.05) is 29.1 Å². The third-order valence-electron chi connectivity index (χ3n) is 3.61. The molecule has 3 aromatic rings. The molecule has 0 aliphatic carbocycles. The molecule has 0 aliphatic heterocycles. The van der Waals surface area contributed by atoms with Gasteiger partial charge in [0.2, 0.25) is 17.6 Å². The molecule has 0 radical (unpaired) electrons. The Hall–Kier alpha value is -2.37. The molecule has 25 heavy (non-hydrogen) atoms. The smallest absolute Gasteiger partial charge is 0.227 e. The molecule has 0 aliphatic rings. The van der Waals surface area contributed by atoms with Crippen LogP contribution >= 0.6 is 23.2 Å². The fraction of sp³-hybridized carbons (Fsp3) is 0.167. The lowest BCUT2D eigenvalue weighted by atomic mass is 10.2. The second-order valence-corrected chi connectivity index (χ2v) is 6.34. The van der Waals surface area contributed by atoms with Crippen LogP contribution in [0.2, 0.25) is 10.0 Å². The first-order valence-corrected chi connectivity index (χ1v) is 8.42. The zero-order chi connectivity index (χ0) is 17.8. The zero-order valence-corrected chi connectivity index (χ0v) is 14.9. The van der Waals surface area contributed by atoms with Crippen molar-refractivity contribution in [2.24, 2.45) is 0 Å². The van der Waals surface area contributed by atoms with Gasteiger partial charge in [-0.05, 0) is 42.8 Å². The van der Waals surface area contributed by atoms with E-state index in [1.807, 2.05) is 25.1 Å². The third kappa shape index (κ3) is 4.38. The van der Waals surface area contributed by atoms with Crippen LogP contribution in [0.25, 0.3) is 11.4 Å². The summed E-state index contributed by atoms with van der Waals surface area (Å²) in [7, 11) is 0. The van der Waals surface area contributed by atoms with Crippen molar-refractivity contribution < 1.29 is 9.32 Å². The normalized spacial score (nSPS) is 10.7. The predicted octanol–water partition coefficient (Wildman–Crippen LogP) is 4.92. The molecule has 1 N–H and O–H groups in total. The van der Waals surface area contributed by atoms with Crippen molar-refractivity contribution >= 4 is 34.8 Å². The average molecular weight is 376 g/mol. The Morgan fingerprint density at radius 1 is 1.20 bits per heavy atom. The van der Waals surface area contributed by atoms with Gasteiger partial charge in [-0.1, -0.05) is 40.5 Å². The lowest BCUT2D eigenvalue weighted by Gasteiger charge is -2.07. The van der Waals surface area contributed by atoms with Crippen molar-refractivity contribution in [1.29, 1.82) is 0 Å². The standard InChI is InChI=1S/C18H15Cl2N3O2/c1-11-10-12(19)6-7-15(11)21-16(24)8-9-17-22-18(23-25-17)13-4-2-3-5-14(13)20/h2-7,10H,8-9H2,1H3,(H,21,24). The Morgan fingerprint density at radius 3 is 2.76 bits per heavy atom. The molecule has 5 nitrogen and oxygen atoms in total. The van der Waals surface area contributed by atoms with Gasteiger partial charge in [0.1, 0.15) is 0 Å². The maximum Gasteiger partial charge on any atom is 0.227 e. The van der Waals surface area contributed by atoms with Crippen molar-refractivity contribution in [2.45, 2.75) is 19.8 Å². The molecule has 0 spiro atoms. The highest BCUT2D eigenvalue weighted by Gasteiger charge is 2.13. The number of carbonyl (C=O) groups excluding carboxylic acids is 1. The molecule has 0 saturated carbocycles. The summed E-state index contributed by atoms with van der Waals surface area (Å²) in [4.78, 5) is 16.4. The molecule has 128 valence electrons. The summed E-state index contributed by atoms with van der Waals surface area (Å²) >= 11 is 12.0. The molecule has 2 aromatic carbocycles. The van der Waals surface area contributed by atoms with Gasteiger partial charge in [-0.25, -0.2) is 0 Å². The lowest BCUT2D eigenvalue weighted by molar-refractivity contribution is -0.116. The molecule has 7 heteroatoms. The summed E-state index contributed by atoms with van der Waals surface area (Å²) in [5.74, 6) is 0.662. The van der Waals surface area contributed by atoms with Crippen LogP contribution < -0.4 is 5.32 Å². The van der Waals surface area contributed by atoms with Gasteiger partial charge in [0.05, 0.1) is 5.02 Å². The fourth-order valence-electron chi connectivity index (χ4n) is 2.31. The number of amides is 1. The summed E-state index contributed by atoms with van der Waals surface area (Å²) in [5.41, 5.74) is 2.33. The molecule has 0 bridgehead atoms. The van der Waals surface area contributed by atoms with Crippen LogP contribution in [-0.4, -0.2) is 16.0 Å². The average Bonchev–Trinajstić information content (AvgIpc) is 3.05. The predicted molar refractivity (Wildman–Crippen MR) is 97.9 cm³/mol. The Balaban J connectivity index is 1.60. The molecule has 1 amide bonds. The lowest BCUT2D eigenvalue weighted by Crippen LogP contribution is -2.13. The van der Waals surface area contributed by atoms with E-state index >= 15 is 0 Å². The third-order valence-corrected chi connectivity index (χ3v) is 4.18. The molecule has 1 aromatic heterocycles. The number of aryl methyl sites for hydroxylation is 2. The van der Waals surface area contributed by atoms with Gasteiger partial charge in [-0.3, -0.25) is 4.79 Å². The van der Waals surface area contributed by atoms with Crippen molar-refractivity contribution in [2.75, 3.05) is 5.32 Å². The topological polar surface area (TPSA) is 68.0 Å². The first-order chi connectivity index (χ1) is 12.0. The summed E-state index contributed by atoms with van der Waals surface area (Å²) in [6.45, 7) is 1.88.